The van der Waals surface area contributed by atoms with Crippen molar-refractivity contribution >= 4 is 21.4 Å². The molecule has 2 heterocycles. The summed E-state index contributed by atoms with van der Waals surface area (Å²) >= 11 is 1.41. The van der Waals surface area contributed by atoms with Gasteiger partial charge in [0.05, 0.1) is 18.1 Å². The minimum absolute atomic E-state index is 0.172. The van der Waals surface area contributed by atoms with E-state index in [1.54, 1.807) is 18.3 Å². The number of hydrogen-bond acceptors (Lipinski definition) is 6. The highest BCUT2D eigenvalue weighted by Gasteiger charge is 2.29. The van der Waals surface area contributed by atoms with Crippen LogP contribution in [-0.2, 0) is 14.8 Å². The summed E-state index contributed by atoms with van der Waals surface area (Å²) < 4.78 is 32.7. The van der Waals surface area contributed by atoms with Gasteiger partial charge in [0.25, 0.3) is 0 Å². The Morgan fingerprint density at radius 2 is 2.09 bits per heavy atom. The van der Waals surface area contributed by atoms with Gasteiger partial charge in [-0.1, -0.05) is 6.07 Å². The maximum absolute atomic E-state index is 13.0. The molecule has 3 rings (SSSR count). The molecule has 124 valence electrons. The molecule has 0 bridgehead atoms. The average Bonchev–Trinajstić information content (AvgIpc) is 3.09. The molecule has 2 N–H and O–H groups in total. The van der Waals surface area contributed by atoms with Gasteiger partial charge in [0, 0.05) is 36.3 Å². The summed E-state index contributed by atoms with van der Waals surface area (Å²) in [5.41, 5.74) is 7.44. The summed E-state index contributed by atoms with van der Waals surface area (Å²) in [5, 5.41) is 2.51. The van der Waals surface area contributed by atoms with Crippen molar-refractivity contribution in [3.63, 3.8) is 0 Å². The number of thiazole rings is 1. The van der Waals surface area contributed by atoms with E-state index in [-0.39, 0.29) is 10.9 Å². The van der Waals surface area contributed by atoms with Gasteiger partial charge >= 0.3 is 0 Å². The molecule has 2 aromatic rings. The number of ether oxygens (including phenoxy) is 1. The molecule has 8 heteroatoms. The predicted octanol–water partition coefficient (Wildman–Crippen LogP) is 1.85. The third-order valence-electron chi connectivity index (χ3n) is 3.78. The van der Waals surface area contributed by atoms with Crippen LogP contribution < -0.4 is 5.73 Å². The molecule has 0 spiro atoms. The number of sulfonamides is 1. The van der Waals surface area contributed by atoms with Crippen LogP contribution in [0.15, 0.2) is 34.7 Å². The molecule has 1 atom stereocenters. The quantitative estimate of drug-likeness (QED) is 0.907. The lowest BCUT2D eigenvalue weighted by molar-refractivity contribution is 0.0730. The van der Waals surface area contributed by atoms with Crippen molar-refractivity contribution in [2.45, 2.75) is 17.9 Å². The Labute approximate surface area is 140 Å². The van der Waals surface area contributed by atoms with Crippen molar-refractivity contribution in [3.05, 3.63) is 35.3 Å². The summed E-state index contributed by atoms with van der Waals surface area (Å²) in [4.78, 5) is 4.55. The molecule has 1 aromatic heterocycles. The second-order valence-corrected chi connectivity index (χ2v) is 8.20. The van der Waals surface area contributed by atoms with Crippen LogP contribution in [0.5, 0.6) is 0 Å². The lowest BCUT2D eigenvalue weighted by atomic mass is 10.1. The number of morpholine rings is 1. The predicted molar refractivity (Wildman–Crippen MR) is 89.7 cm³/mol. The molecule has 0 radical (unpaired) electrons. The lowest BCUT2D eigenvalue weighted by Crippen LogP contribution is -2.40. The van der Waals surface area contributed by atoms with E-state index in [0.717, 1.165) is 5.56 Å². The first kappa shape index (κ1) is 16.5. The summed E-state index contributed by atoms with van der Waals surface area (Å²) in [6, 6.07) is 5.07. The zero-order valence-corrected chi connectivity index (χ0v) is 14.4. The van der Waals surface area contributed by atoms with Gasteiger partial charge in [0.2, 0.25) is 10.0 Å². The van der Waals surface area contributed by atoms with Crippen molar-refractivity contribution in [2.24, 2.45) is 5.73 Å². The van der Waals surface area contributed by atoms with Crippen LogP contribution in [0, 0.1) is 0 Å². The number of hydrogen-bond donors (Lipinski definition) is 1. The third kappa shape index (κ3) is 3.31. The maximum Gasteiger partial charge on any atom is 0.243 e. The minimum Gasteiger partial charge on any atom is -0.379 e. The van der Waals surface area contributed by atoms with Gasteiger partial charge in [-0.3, -0.25) is 0 Å². The molecule has 1 aromatic carbocycles. The highest BCUT2D eigenvalue weighted by atomic mass is 32.2. The standard InChI is InChI=1S/C15H19N3O3S2/c1-11(16)12-2-3-14(13(10-12)15-17-4-9-22-15)23(19,20)18-5-7-21-8-6-18/h2-4,9-11H,5-8,16H2,1H3. The van der Waals surface area contributed by atoms with Crippen molar-refractivity contribution < 1.29 is 13.2 Å². The number of benzene rings is 1. The Morgan fingerprint density at radius 3 is 2.70 bits per heavy atom. The first-order chi connectivity index (χ1) is 11.0. The van der Waals surface area contributed by atoms with Crippen LogP contribution in [0.3, 0.4) is 0 Å². The van der Waals surface area contributed by atoms with Gasteiger partial charge in [-0.25, -0.2) is 13.4 Å². The molecule has 23 heavy (non-hydrogen) atoms. The second kappa shape index (κ2) is 6.66. The van der Waals surface area contributed by atoms with Crippen LogP contribution in [0.25, 0.3) is 10.6 Å². The molecule has 1 aliphatic heterocycles. The fraction of sp³-hybridized carbons (Fsp3) is 0.400. The highest BCUT2D eigenvalue weighted by Crippen LogP contribution is 2.33. The van der Waals surface area contributed by atoms with Crippen molar-refractivity contribution in [1.82, 2.24) is 9.29 Å². The van der Waals surface area contributed by atoms with E-state index in [2.05, 4.69) is 4.98 Å². The van der Waals surface area contributed by atoms with E-state index in [9.17, 15) is 8.42 Å². The molecule has 1 fully saturated rings. The van der Waals surface area contributed by atoms with Gasteiger partial charge in [-0.15, -0.1) is 11.3 Å². The van der Waals surface area contributed by atoms with Crippen molar-refractivity contribution in [3.8, 4) is 10.6 Å². The third-order valence-corrected chi connectivity index (χ3v) is 6.54. The molecule has 1 unspecified atom stereocenters. The van der Waals surface area contributed by atoms with Crippen LogP contribution in [0.1, 0.15) is 18.5 Å². The smallest absolute Gasteiger partial charge is 0.243 e. The maximum atomic E-state index is 13.0. The summed E-state index contributed by atoms with van der Waals surface area (Å²) in [7, 11) is -3.58. The molecule has 0 aliphatic carbocycles. The van der Waals surface area contributed by atoms with Gasteiger partial charge in [-0.05, 0) is 24.6 Å². The molecule has 6 nitrogen and oxygen atoms in total. The number of nitrogens with zero attached hydrogens (tertiary/aromatic N) is 2. The fourth-order valence-electron chi connectivity index (χ4n) is 2.51. The monoisotopic (exact) mass is 353 g/mol. The van der Waals surface area contributed by atoms with Gasteiger partial charge in [0.15, 0.2) is 0 Å². The van der Waals surface area contributed by atoms with E-state index < -0.39 is 10.0 Å². The van der Waals surface area contributed by atoms with E-state index in [1.165, 1.54) is 15.6 Å². The Morgan fingerprint density at radius 1 is 1.35 bits per heavy atom. The molecule has 1 aliphatic rings. The molecule has 0 amide bonds. The Kier molecular flexibility index (Phi) is 4.79. The molecular formula is C15H19N3O3S2. The van der Waals surface area contributed by atoms with E-state index >= 15 is 0 Å². The second-order valence-electron chi connectivity index (χ2n) is 5.40. The Balaban J connectivity index is 2.11. The SMILES string of the molecule is CC(N)c1ccc(S(=O)(=O)N2CCOCC2)c(-c2nccs2)c1. The van der Waals surface area contributed by atoms with Crippen LogP contribution in [0.4, 0.5) is 0 Å². The number of aromatic nitrogens is 1. The van der Waals surface area contributed by atoms with Gasteiger partial charge in [0.1, 0.15) is 5.01 Å². The van der Waals surface area contributed by atoms with Crippen LogP contribution in [0.2, 0.25) is 0 Å². The minimum atomic E-state index is -3.58. The van der Waals surface area contributed by atoms with E-state index in [0.29, 0.717) is 36.9 Å². The topological polar surface area (TPSA) is 85.5 Å². The molecule has 0 saturated carbocycles. The Bertz CT molecular complexity index is 767. The lowest BCUT2D eigenvalue weighted by Gasteiger charge is -2.27. The Hall–Kier alpha value is -1.32. The normalized spacial score (nSPS) is 18.0. The fourth-order valence-corrected chi connectivity index (χ4v) is 4.82. The highest BCUT2D eigenvalue weighted by molar-refractivity contribution is 7.89. The average molecular weight is 353 g/mol. The summed E-state index contributed by atoms with van der Waals surface area (Å²) in [6.07, 6.45) is 1.67. The molecular weight excluding hydrogens is 334 g/mol. The van der Waals surface area contributed by atoms with Crippen molar-refractivity contribution in [2.75, 3.05) is 26.3 Å². The number of rotatable bonds is 4. The summed E-state index contributed by atoms with van der Waals surface area (Å²) in [5.74, 6) is 0. The largest absolute Gasteiger partial charge is 0.379 e. The van der Waals surface area contributed by atoms with Crippen molar-refractivity contribution in [1.29, 1.82) is 0 Å². The first-order valence-corrected chi connectivity index (χ1v) is 9.69. The van der Waals surface area contributed by atoms with E-state index in [4.69, 9.17) is 10.5 Å². The molecule has 1 saturated heterocycles. The summed E-state index contributed by atoms with van der Waals surface area (Å²) in [6.45, 7) is 3.45. The van der Waals surface area contributed by atoms with Gasteiger partial charge in [-0.2, -0.15) is 4.31 Å². The zero-order chi connectivity index (χ0) is 16.4. The van der Waals surface area contributed by atoms with Crippen LogP contribution >= 0.6 is 11.3 Å². The zero-order valence-electron chi connectivity index (χ0n) is 12.8. The van der Waals surface area contributed by atoms with Crippen LogP contribution in [-0.4, -0.2) is 44.0 Å². The van der Waals surface area contributed by atoms with Gasteiger partial charge < -0.3 is 10.5 Å². The number of nitrogens with two attached hydrogens (primary N) is 1. The first-order valence-electron chi connectivity index (χ1n) is 7.37. The van der Waals surface area contributed by atoms with E-state index in [1.807, 2.05) is 18.4 Å².